The third-order valence-electron chi connectivity index (χ3n) is 2.66. The second-order valence-electron chi connectivity index (χ2n) is 4.38. The van der Waals surface area contributed by atoms with Gasteiger partial charge in [-0.15, -0.1) is 0 Å². The van der Waals surface area contributed by atoms with Crippen LogP contribution in [-0.2, 0) is 0 Å². The molecular weight excluding hydrogens is 291 g/mol. The van der Waals surface area contributed by atoms with Crippen molar-refractivity contribution in [3.63, 3.8) is 0 Å². The molecule has 0 heterocycles. The standard InChI is InChI=1S/C12H16BrClO2/c1-8(2)12(3,15)7-16-11-5-4-9(13)6-10(11)14/h4-6,8,15H,7H2,1-3H3. The van der Waals surface area contributed by atoms with Gasteiger partial charge in [0.05, 0.1) is 10.6 Å². The molecule has 1 aromatic rings. The first-order valence-corrected chi connectivity index (χ1v) is 6.30. The lowest BCUT2D eigenvalue weighted by atomic mass is 9.94. The molecule has 0 aliphatic rings. The van der Waals surface area contributed by atoms with Crippen LogP contribution in [0, 0.1) is 5.92 Å². The molecule has 1 N–H and O–H groups in total. The van der Waals surface area contributed by atoms with Crippen molar-refractivity contribution < 1.29 is 9.84 Å². The van der Waals surface area contributed by atoms with E-state index in [9.17, 15) is 5.11 Å². The summed E-state index contributed by atoms with van der Waals surface area (Å²) in [6, 6.07) is 5.40. The van der Waals surface area contributed by atoms with E-state index in [0.717, 1.165) is 4.47 Å². The molecule has 0 aromatic heterocycles. The molecule has 4 heteroatoms. The molecule has 0 saturated heterocycles. The predicted molar refractivity (Wildman–Crippen MR) is 70.1 cm³/mol. The Kier molecular flexibility index (Phi) is 4.65. The summed E-state index contributed by atoms with van der Waals surface area (Å²) in [5, 5.41) is 10.6. The molecule has 1 unspecified atom stereocenters. The van der Waals surface area contributed by atoms with E-state index in [1.807, 2.05) is 19.9 Å². The quantitative estimate of drug-likeness (QED) is 0.914. The molecule has 0 aliphatic carbocycles. The van der Waals surface area contributed by atoms with E-state index < -0.39 is 5.60 Å². The van der Waals surface area contributed by atoms with E-state index in [2.05, 4.69) is 15.9 Å². The summed E-state index contributed by atoms with van der Waals surface area (Å²) in [6.07, 6.45) is 0. The highest BCUT2D eigenvalue weighted by molar-refractivity contribution is 9.10. The van der Waals surface area contributed by atoms with Crippen molar-refractivity contribution in [2.75, 3.05) is 6.61 Å². The Morgan fingerprint density at radius 1 is 1.50 bits per heavy atom. The van der Waals surface area contributed by atoms with Gasteiger partial charge in [-0.25, -0.2) is 0 Å². The van der Waals surface area contributed by atoms with Gasteiger partial charge in [0.15, 0.2) is 0 Å². The number of rotatable bonds is 4. The average molecular weight is 308 g/mol. The van der Waals surface area contributed by atoms with Crippen molar-refractivity contribution in [3.8, 4) is 5.75 Å². The first-order valence-electron chi connectivity index (χ1n) is 5.13. The zero-order valence-electron chi connectivity index (χ0n) is 9.63. The van der Waals surface area contributed by atoms with Gasteiger partial charge in [0.25, 0.3) is 0 Å². The van der Waals surface area contributed by atoms with E-state index in [0.29, 0.717) is 10.8 Å². The van der Waals surface area contributed by atoms with Crippen molar-refractivity contribution >= 4 is 27.5 Å². The lowest BCUT2D eigenvalue weighted by Gasteiger charge is -2.27. The first-order chi connectivity index (χ1) is 7.33. The molecule has 90 valence electrons. The second kappa shape index (κ2) is 5.39. The van der Waals surface area contributed by atoms with Crippen molar-refractivity contribution in [2.45, 2.75) is 26.4 Å². The maximum absolute atomic E-state index is 10.0. The molecule has 1 rings (SSSR count). The largest absolute Gasteiger partial charge is 0.489 e. The summed E-state index contributed by atoms with van der Waals surface area (Å²) in [5.74, 6) is 0.715. The molecular formula is C12H16BrClO2. The monoisotopic (exact) mass is 306 g/mol. The number of halogens is 2. The summed E-state index contributed by atoms with van der Waals surface area (Å²) in [7, 11) is 0. The molecule has 2 nitrogen and oxygen atoms in total. The smallest absolute Gasteiger partial charge is 0.138 e. The van der Waals surface area contributed by atoms with Gasteiger partial charge in [-0.3, -0.25) is 0 Å². The van der Waals surface area contributed by atoms with Gasteiger partial charge < -0.3 is 9.84 Å². The normalized spacial score (nSPS) is 14.9. The van der Waals surface area contributed by atoms with Gasteiger partial charge in [-0.1, -0.05) is 41.4 Å². The van der Waals surface area contributed by atoms with E-state index in [4.69, 9.17) is 16.3 Å². The Bertz CT molecular complexity index is 364. The number of benzene rings is 1. The van der Waals surface area contributed by atoms with Crippen LogP contribution in [0.5, 0.6) is 5.75 Å². The molecule has 0 aliphatic heterocycles. The second-order valence-corrected chi connectivity index (χ2v) is 5.70. The van der Waals surface area contributed by atoms with Gasteiger partial charge in [0.1, 0.15) is 12.4 Å². The molecule has 0 bridgehead atoms. The minimum absolute atomic E-state index is 0.127. The summed E-state index contributed by atoms with van der Waals surface area (Å²) >= 11 is 9.32. The van der Waals surface area contributed by atoms with Gasteiger partial charge in [0, 0.05) is 4.47 Å². The summed E-state index contributed by atoms with van der Waals surface area (Å²) in [4.78, 5) is 0. The zero-order chi connectivity index (χ0) is 12.3. The number of hydrogen-bond acceptors (Lipinski definition) is 2. The van der Waals surface area contributed by atoms with Gasteiger partial charge >= 0.3 is 0 Å². The fourth-order valence-corrected chi connectivity index (χ4v) is 1.71. The van der Waals surface area contributed by atoms with Crippen LogP contribution in [-0.4, -0.2) is 17.3 Å². The fourth-order valence-electron chi connectivity index (χ4n) is 0.983. The Labute approximate surface area is 110 Å². The van der Waals surface area contributed by atoms with Crippen LogP contribution in [0.3, 0.4) is 0 Å². The Balaban J connectivity index is 2.68. The van der Waals surface area contributed by atoms with Crippen LogP contribution in [0.2, 0.25) is 5.02 Å². The topological polar surface area (TPSA) is 29.5 Å². The summed E-state index contributed by atoms with van der Waals surface area (Å²) in [5.41, 5.74) is -0.851. The van der Waals surface area contributed by atoms with Gasteiger partial charge in [-0.2, -0.15) is 0 Å². The zero-order valence-corrected chi connectivity index (χ0v) is 12.0. The lowest BCUT2D eigenvalue weighted by molar-refractivity contribution is -0.0266. The van der Waals surface area contributed by atoms with Crippen molar-refractivity contribution in [1.82, 2.24) is 0 Å². The van der Waals surface area contributed by atoms with Crippen LogP contribution in [0.15, 0.2) is 22.7 Å². The van der Waals surface area contributed by atoms with E-state index in [1.54, 1.807) is 19.1 Å². The summed E-state index contributed by atoms with van der Waals surface area (Å²) in [6.45, 7) is 5.88. The molecule has 16 heavy (non-hydrogen) atoms. The molecule has 0 amide bonds. The molecule has 0 fully saturated rings. The number of hydrogen-bond donors (Lipinski definition) is 1. The number of ether oxygens (including phenoxy) is 1. The predicted octanol–water partition coefficient (Wildman–Crippen LogP) is 3.89. The van der Waals surface area contributed by atoms with E-state index in [1.165, 1.54) is 0 Å². The third kappa shape index (κ3) is 3.65. The van der Waals surface area contributed by atoms with Crippen LogP contribution >= 0.6 is 27.5 Å². The molecule has 0 spiro atoms. The number of aliphatic hydroxyl groups is 1. The van der Waals surface area contributed by atoms with Crippen molar-refractivity contribution in [2.24, 2.45) is 5.92 Å². The molecule has 1 atom stereocenters. The summed E-state index contributed by atoms with van der Waals surface area (Å²) < 4.78 is 6.42. The highest BCUT2D eigenvalue weighted by atomic mass is 79.9. The van der Waals surface area contributed by atoms with Crippen LogP contribution < -0.4 is 4.74 Å². The highest BCUT2D eigenvalue weighted by Gasteiger charge is 2.26. The van der Waals surface area contributed by atoms with E-state index in [-0.39, 0.29) is 12.5 Å². The average Bonchev–Trinajstić information content (AvgIpc) is 2.16. The molecule has 0 radical (unpaired) electrons. The maximum Gasteiger partial charge on any atom is 0.138 e. The fraction of sp³-hybridized carbons (Fsp3) is 0.500. The highest BCUT2D eigenvalue weighted by Crippen LogP contribution is 2.29. The third-order valence-corrected chi connectivity index (χ3v) is 3.45. The van der Waals surface area contributed by atoms with Crippen LogP contribution in [0.25, 0.3) is 0 Å². The minimum atomic E-state index is -0.851. The van der Waals surface area contributed by atoms with Crippen molar-refractivity contribution in [3.05, 3.63) is 27.7 Å². The first kappa shape index (κ1) is 13.8. The maximum atomic E-state index is 10.0. The Hall–Kier alpha value is -0.250. The van der Waals surface area contributed by atoms with Crippen LogP contribution in [0.4, 0.5) is 0 Å². The van der Waals surface area contributed by atoms with Gasteiger partial charge in [0.2, 0.25) is 0 Å². The Morgan fingerprint density at radius 3 is 2.62 bits per heavy atom. The molecule has 0 saturated carbocycles. The molecule has 1 aromatic carbocycles. The Morgan fingerprint density at radius 2 is 2.12 bits per heavy atom. The van der Waals surface area contributed by atoms with Crippen LogP contribution in [0.1, 0.15) is 20.8 Å². The SMILES string of the molecule is CC(C)C(C)(O)COc1ccc(Br)cc1Cl. The minimum Gasteiger partial charge on any atom is -0.489 e. The lowest BCUT2D eigenvalue weighted by Crippen LogP contribution is -2.37. The van der Waals surface area contributed by atoms with E-state index >= 15 is 0 Å². The van der Waals surface area contributed by atoms with Gasteiger partial charge in [-0.05, 0) is 31.0 Å². The van der Waals surface area contributed by atoms with Crippen molar-refractivity contribution in [1.29, 1.82) is 0 Å².